The van der Waals surface area contributed by atoms with E-state index in [9.17, 15) is 0 Å². The third-order valence-electron chi connectivity index (χ3n) is 0.937. The molecule has 0 heterocycles. The van der Waals surface area contributed by atoms with E-state index in [2.05, 4.69) is 27.9 Å². The van der Waals surface area contributed by atoms with E-state index in [4.69, 9.17) is 4.74 Å². The monoisotopic (exact) mass is 243 g/mol. The predicted molar refractivity (Wildman–Crippen MR) is 48.2 cm³/mol. The van der Waals surface area contributed by atoms with Crippen molar-refractivity contribution < 1.29 is 4.74 Å². The molecule has 0 spiro atoms. The number of alkyl halides is 1. The van der Waals surface area contributed by atoms with Gasteiger partial charge in [-0.05, 0) is 20.0 Å². The highest BCUT2D eigenvalue weighted by atomic mass is 127. The molecule has 0 aliphatic carbocycles. The maximum absolute atomic E-state index is 5.24. The van der Waals surface area contributed by atoms with Crippen LogP contribution in [0.4, 0.5) is 0 Å². The van der Waals surface area contributed by atoms with Gasteiger partial charge in [0.2, 0.25) is 0 Å². The molecule has 0 radical (unpaired) electrons. The highest BCUT2D eigenvalue weighted by Crippen LogP contribution is 1.84. The second-order valence-electron chi connectivity index (χ2n) is 1.76. The van der Waals surface area contributed by atoms with Crippen molar-refractivity contribution >= 4 is 22.6 Å². The molecular weight excluding hydrogens is 229 g/mol. The van der Waals surface area contributed by atoms with Crippen LogP contribution in [-0.2, 0) is 4.74 Å². The summed E-state index contributed by atoms with van der Waals surface area (Å²) in [6.45, 7) is 2.84. The van der Waals surface area contributed by atoms with Crippen molar-refractivity contribution in [1.29, 1.82) is 0 Å². The third kappa shape index (κ3) is 8.65. The van der Waals surface area contributed by atoms with Crippen molar-refractivity contribution in [2.24, 2.45) is 0 Å². The van der Waals surface area contributed by atoms with Crippen LogP contribution in [0.3, 0.4) is 0 Å². The topological polar surface area (TPSA) is 21.3 Å². The molecule has 9 heavy (non-hydrogen) atoms. The maximum atomic E-state index is 5.24. The van der Waals surface area contributed by atoms with E-state index in [1.807, 2.05) is 7.05 Å². The van der Waals surface area contributed by atoms with Crippen LogP contribution in [0, 0.1) is 0 Å². The molecule has 0 aliphatic heterocycles. The minimum absolute atomic E-state index is 0.893. The molecule has 3 heteroatoms. The second kappa shape index (κ2) is 8.65. The summed E-state index contributed by atoms with van der Waals surface area (Å²) in [5.74, 6) is 0. The zero-order valence-corrected chi connectivity index (χ0v) is 7.98. The summed E-state index contributed by atoms with van der Waals surface area (Å²) in [6, 6.07) is 0. The third-order valence-corrected chi connectivity index (χ3v) is 1.38. The Morgan fingerprint density at radius 2 is 2.22 bits per heavy atom. The summed E-state index contributed by atoms with van der Waals surface area (Å²) < 4.78 is 6.33. The van der Waals surface area contributed by atoms with E-state index < -0.39 is 0 Å². The average molecular weight is 243 g/mol. The number of rotatable bonds is 6. The normalized spacial score (nSPS) is 10.0. The van der Waals surface area contributed by atoms with Crippen molar-refractivity contribution in [1.82, 2.24) is 5.32 Å². The zero-order chi connectivity index (χ0) is 6.95. The second-order valence-corrected chi connectivity index (χ2v) is 2.84. The van der Waals surface area contributed by atoms with Crippen LogP contribution in [0.15, 0.2) is 0 Å². The van der Waals surface area contributed by atoms with Crippen LogP contribution >= 0.6 is 22.6 Å². The number of ether oxygens (including phenoxy) is 1. The first-order valence-electron chi connectivity index (χ1n) is 3.20. The molecule has 0 saturated heterocycles. The predicted octanol–water partition coefficient (Wildman–Crippen LogP) is 1.05. The SMILES string of the molecule is CNCCCOCCI. The molecule has 1 N–H and O–H groups in total. The van der Waals surface area contributed by atoms with Gasteiger partial charge in [0.05, 0.1) is 6.61 Å². The van der Waals surface area contributed by atoms with Gasteiger partial charge < -0.3 is 10.1 Å². The minimum Gasteiger partial charge on any atom is -0.381 e. The summed E-state index contributed by atoms with van der Waals surface area (Å²) in [6.07, 6.45) is 1.12. The van der Waals surface area contributed by atoms with Crippen molar-refractivity contribution in [2.45, 2.75) is 6.42 Å². The van der Waals surface area contributed by atoms with Gasteiger partial charge in [0, 0.05) is 11.0 Å². The Labute approximate surface area is 70.5 Å². The summed E-state index contributed by atoms with van der Waals surface area (Å²) in [5.41, 5.74) is 0. The van der Waals surface area contributed by atoms with Gasteiger partial charge >= 0.3 is 0 Å². The first kappa shape index (κ1) is 9.65. The van der Waals surface area contributed by atoms with Gasteiger partial charge in [-0.3, -0.25) is 0 Å². The fourth-order valence-corrected chi connectivity index (χ4v) is 0.819. The minimum atomic E-state index is 0.893. The Bertz CT molecular complexity index is 46.3. The lowest BCUT2D eigenvalue weighted by molar-refractivity contribution is 0.149. The quantitative estimate of drug-likeness (QED) is 0.427. The van der Waals surface area contributed by atoms with Gasteiger partial charge in [0.1, 0.15) is 0 Å². The Kier molecular flexibility index (Phi) is 9.27. The molecule has 0 aliphatic rings. The Hall–Kier alpha value is 0.650. The molecule has 0 amide bonds. The summed E-state index contributed by atoms with van der Waals surface area (Å²) in [7, 11) is 1.96. The van der Waals surface area contributed by atoms with Crippen LogP contribution in [0.1, 0.15) is 6.42 Å². The highest BCUT2D eigenvalue weighted by molar-refractivity contribution is 14.1. The molecular formula is C6H14INO. The number of hydrogen-bond donors (Lipinski definition) is 1. The van der Waals surface area contributed by atoms with Gasteiger partial charge in [-0.2, -0.15) is 0 Å². The van der Waals surface area contributed by atoms with Crippen molar-refractivity contribution in [3.63, 3.8) is 0 Å². The smallest absolute Gasteiger partial charge is 0.0555 e. The van der Waals surface area contributed by atoms with E-state index in [-0.39, 0.29) is 0 Å². The molecule has 56 valence electrons. The molecule has 0 saturated carbocycles. The lowest BCUT2D eigenvalue weighted by Gasteiger charge is -1.99. The maximum Gasteiger partial charge on any atom is 0.0555 e. The lowest BCUT2D eigenvalue weighted by Crippen LogP contribution is -2.10. The van der Waals surface area contributed by atoms with Crippen LogP contribution in [0.25, 0.3) is 0 Å². The zero-order valence-electron chi connectivity index (χ0n) is 5.82. The van der Waals surface area contributed by atoms with E-state index in [0.29, 0.717) is 0 Å². The van der Waals surface area contributed by atoms with Gasteiger partial charge in [-0.25, -0.2) is 0 Å². The van der Waals surface area contributed by atoms with E-state index >= 15 is 0 Å². The Morgan fingerprint density at radius 1 is 1.44 bits per heavy atom. The first-order chi connectivity index (χ1) is 4.41. The van der Waals surface area contributed by atoms with Crippen LogP contribution in [-0.4, -0.2) is 31.2 Å². The molecule has 0 unspecified atom stereocenters. The summed E-state index contributed by atoms with van der Waals surface area (Å²) >= 11 is 2.31. The van der Waals surface area contributed by atoms with E-state index in [1.54, 1.807) is 0 Å². The van der Waals surface area contributed by atoms with Gasteiger partial charge in [0.15, 0.2) is 0 Å². The van der Waals surface area contributed by atoms with Crippen molar-refractivity contribution in [2.75, 3.05) is 31.2 Å². The fourth-order valence-electron chi connectivity index (χ4n) is 0.508. The van der Waals surface area contributed by atoms with Crippen LogP contribution in [0.5, 0.6) is 0 Å². The number of hydrogen-bond acceptors (Lipinski definition) is 2. The Morgan fingerprint density at radius 3 is 2.78 bits per heavy atom. The molecule has 0 bridgehead atoms. The van der Waals surface area contributed by atoms with E-state index in [1.165, 1.54) is 0 Å². The average Bonchev–Trinajstić information content (AvgIpc) is 1.89. The number of halogens is 1. The first-order valence-corrected chi connectivity index (χ1v) is 4.72. The summed E-state index contributed by atoms with van der Waals surface area (Å²) in [4.78, 5) is 0. The largest absolute Gasteiger partial charge is 0.381 e. The van der Waals surface area contributed by atoms with Gasteiger partial charge in [0.25, 0.3) is 0 Å². The van der Waals surface area contributed by atoms with Crippen LogP contribution in [0.2, 0.25) is 0 Å². The lowest BCUT2D eigenvalue weighted by atomic mass is 10.4. The Balaban J connectivity index is 2.60. The van der Waals surface area contributed by atoms with Crippen LogP contribution < -0.4 is 5.32 Å². The van der Waals surface area contributed by atoms with Gasteiger partial charge in [-0.15, -0.1) is 0 Å². The van der Waals surface area contributed by atoms with Gasteiger partial charge in [-0.1, -0.05) is 22.6 Å². The summed E-state index contributed by atoms with van der Waals surface area (Å²) in [5, 5.41) is 3.06. The van der Waals surface area contributed by atoms with Crippen molar-refractivity contribution in [3.8, 4) is 0 Å². The van der Waals surface area contributed by atoms with E-state index in [0.717, 1.165) is 30.6 Å². The molecule has 0 aromatic carbocycles. The fraction of sp³-hybridized carbons (Fsp3) is 1.00. The standard InChI is InChI=1S/C6H14INO/c1-8-4-2-5-9-6-3-7/h8H,2-6H2,1H3. The molecule has 2 nitrogen and oxygen atoms in total. The molecule has 0 atom stereocenters. The molecule has 0 aromatic rings. The molecule has 0 fully saturated rings. The van der Waals surface area contributed by atoms with Crippen molar-refractivity contribution in [3.05, 3.63) is 0 Å². The molecule has 0 aromatic heterocycles. The highest BCUT2D eigenvalue weighted by Gasteiger charge is 1.84. The number of nitrogens with one attached hydrogen (secondary N) is 1. The molecule has 0 rings (SSSR count).